The van der Waals surface area contributed by atoms with E-state index in [0.717, 1.165) is 28.8 Å². The molecule has 170 valence electrons. The van der Waals surface area contributed by atoms with Crippen LogP contribution in [0.4, 0.5) is 10.1 Å². The molecule has 1 aliphatic rings. The molecule has 4 rings (SSSR count). The van der Waals surface area contributed by atoms with E-state index in [2.05, 4.69) is 5.32 Å². The van der Waals surface area contributed by atoms with E-state index >= 15 is 0 Å². The third-order valence-electron chi connectivity index (χ3n) is 5.68. The Labute approximate surface area is 191 Å². The smallest absolute Gasteiger partial charge is 0.258 e. The van der Waals surface area contributed by atoms with Crippen molar-refractivity contribution in [2.24, 2.45) is 0 Å². The number of carbonyl (C=O) groups is 2. The molecule has 2 amide bonds. The van der Waals surface area contributed by atoms with E-state index in [0.29, 0.717) is 30.2 Å². The van der Waals surface area contributed by atoms with E-state index in [1.165, 1.54) is 24.3 Å². The summed E-state index contributed by atoms with van der Waals surface area (Å²) in [5.74, 6) is 0.583. The fraction of sp³-hybridized carbons (Fsp3) is 0.231. The van der Waals surface area contributed by atoms with Crippen LogP contribution in [-0.2, 0) is 24.2 Å². The Kier molecular flexibility index (Phi) is 6.58. The van der Waals surface area contributed by atoms with Crippen LogP contribution in [-0.4, -0.2) is 32.6 Å². The fourth-order valence-electron chi connectivity index (χ4n) is 3.96. The Bertz CT molecular complexity index is 1180. The average molecular weight is 448 g/mol. The van der Waals surface area contributed by atoms with Crippen molar-refractivity contribution >= 4 is 17.5 Å². The number of nitrogens with zero attached hydrogens (tertiary/aromatic N) is 1. The quantitative estimate of drug-likeness (QED) is 0.595. The number of hydrogen-bond donors (Lipinski definition) is 1. The Morgan fingerprint density at radius 1 is 0.939 bits per heavy atom. The van der Waals surface area contributed by atoms with Gasteiger partial charge in [-0.3, -0.25) is 9.59 Å². The van der Waals surface area contributed by atoms with Gasteiger partial charge < -0.3 is 19.7 Å². The summed E-state index contributed by atoms with van der Waals surface area (Å²) < 4.78 is 23.7. The molecular formula is C26H25FN2O4. The van der Waals surface area contributed by atoms with E-state index in [-0.39, 0.29) is 24.1 Å². The zero-order valence-corrected chi connectivity index (χ0v) is 18.6. The molecule has 3 aromatic carbocycles. The molecule has 1 heterocycles. The highest BCUT2D eigenvalue weighted by atomic mass is 19.1. The topological polar surface area (TPSA) is 67.9 Å². The third kappa shape index (κ3) is 4.98. The Hall–Kier alpha value is -3.87. The number of amides is 2. The van der Waals surface area contributed by atoms with E-state index in [9.17, 15) is 14.0 Å². The van der Waals surface area contributed by atoms with Crippen LogP contribution in [0.15, 0.2) is 60.7 Å². The SMILES string of the molecule is COc1ccc(CC(=O)NCc2ccc3c(c2)CCN3C(=O)c2ccc(F)cc2)cc1OC. The van der Waals surface area contributed by atoms with Crippen LogP contribution in [0.1, 0.15) is 27.0 Å². The number of methoxy groups -OCH3 is 2. The number of hydrogen-bond acceptors (Lipinski definition) is 4. The lowest BCUT2D eigenvalue weighted by molar-refractivity contribution is -0.120. The van der Waals surface area contributed by atoms with Crippen LogP contribution in [0.25, 0.3) is 0 Å². The van der Waals surface area contributed by atoms with Crippen molar-refractivity contribution in [1.82, 2.24) is 5.32 Å². The van der Waals surface area contributed by atoms with E-state index in [1.807, 2.05) is 24.3 Å². The van der Waals surface area contributed by atoms with Gasteiger partial charge in [-0.2, -0.15) is 0 Å². The summed E-state index contributed by atoms with van der Waals surface area (Å²) in [4.78, 5) is 27.0. The summed E-state index contributed by atoms with van der Waals surface area (Å²) in [6.45, 7) is 0.964. The van der Waals surface area contributed by atoms with Crippen LogP contribution >= 0.6 is 0 Å². The van der Waals surface area contributed by atoms with Gasteiger partial charge in [0.2, 0.25) is 5.91 Å². The minimum absolute atomic E-state index is 0.101. The number of anilines is 1. The van der Waals surface area contributed by atoms with Crippen LogP contribution in [0.5, 0.6) is 11.5 Å². The first-order valence-corrected chi connectivity index (χ1v) is 10.7. The molecule has 6 nitrogen and oxygen atoms in total. The van der Waals surface area contributed by atoms with Crippen LogP contribution in [0.3, 0.4) is 0 Å². The Morgan fingerprint density at radius 3 is 2.39 bits per heavy atom. The first-order chi connectivity index (χ1) is 16.0. The molecular weight excluding hydrogens is 423 g/mol. The summed E-state index contributed by atoms with van der Waals surface area (Å²) >= 11 is 0. The highest BCUT2D eigenvalue weighted by molar-refractivity contribution is 6.07. The van der Waals surface area contributed by atoms with Crippen molar-refractivity contribution in [1.29, 1.82) is 0 Å². The Balaban J connectivity index is 1.37. The van der Waals surface area contributed by atoms with Crippen molar-refractivity contribution in [2.45, 2.75) is 19.4 Å². The second kappa shape index (κ2) is 9.73. The van der Waals surface area contributed by atoms with Crippen LogP contribution in [0, 0.1) is 5.82 Å². The number of benzene rings is 3. The molecule has 0 saturated carbocycles. The summed E-state index contributed by atoms with van der Waals surface area (Å²) in [5.41, 5.74) is 4.15. The van der Waals surface area contributed by atoms with Crippen molar-refractivity contribution in [2.75, 3.05) is 25.7 Å². The van der Waals surface area contributed by atoms with Crippen LogP contribution in [0.2, 0.25) is 0 Å². The zero-order valence-electron chi connectivity index (χ0n) is 18.6. The number of halogens is 1. The number of fused-ring (bicyclic) bond motifs is 1. The lowest BCUT2D eigenvalue weighted by Crippen LogP contribution is -2.28. The standard InChI is InChI=1S/C26H25FN2O4/c1-32-23-10-4-17(14-24(23)33-2)15-25(30)28-16-18-3-9-22-20(13-18)11-12-29(22)26(31)19-5-7-21(27)8-6-19/h3-10,13-14H,11-12,15-16H2,1-2H3,(H,28,30). The molecule has 0 radical (unpaired) electrons. The summed E-state index contributed by atoms with van der Waals surface area (Å²) in [6, 6.07) is 16.8. The zero-order chi connectivity index (χ0) is 23.4. The molecule has 7 heteroatoms. The molecule has 33 heavy (non-hydrogen) atoms. The molecule has 1 N–H and O–H groups in total. The molecule has 0 aromatic heterocycles. The molecule has 0 unspecified atom stereocenters. The highest BCUT2D eigenvalue weighted by Gasteiger charge is 2.25. The normalized spacial score (nSPS) is 12.3. The number of rotatable bonds is 7. The van der Waals surface area contributed by atoms with Gasteiger partial charge in [0.05, 0.1) is 20.6 Å². The second-order valence-electron chi connectivity index (χ2n) is 7.82. The Morgan fingerprint density at radius 2 is 1.67 bits per heavy atom. The molecule has 0 fully saturated rings. The highest BCUT2D eigenvalue weighted by Crippen LogP contribution is 2.30. The third-order valence-corrected chi connectivity index (χ3v) is 5.68. The van der Waals surface area contributed by atoms with Gasteiger partial charge in [0.15, 0.2) is 11.5 Å². The number of carbonyl (C=O) groups excluding carboxylic acids is 2. The first kappa shape index (κ1) is 22.3. The maximum atomic E-state index is 13.2. The lowest BCUT2D eigenvalue weighted by Gasteiger charge is -2.18. The minimum Gasteiger partial charge on any atom is -0.493 e. The largest absolute Gasteiger partial charge is 0.493 e. The fourth-order valence-corrected chi connectivity index (χ4v) is 3.96. The maximum absolute atomic E-state index is 13.2. The average Bonchev–Trinajstić information content (AvgIpc) is 3.26. The lowest BCUT2D eigenvalue weighted by atomic mass is 10.1. The minimum atomic E-state index is -0.369. The van der Waals surface area contributed by atoms with Crippen molar-refractivity contribution in [3.63, 3.8) is 0 Å². The van der Waals surface area contributed by atoms with Gasteiger partial charge in [-0.15, -0.1) is 0 Å². The number of ether oxygens (including phenoxy) is 2. The van der Waals surface area contributed by atoms with E-state index < -0.39 is 0 Å². The monoisotopic (exact) mass is 448 g/mol. The molecule has 0 bridgehead atoms. The summed E-state index contributed by atoms with van der Waals surface area (Å²) in [6.07, 6.45) is 0.959. The molecule has 0 spiro atoms. The predicted octanol–water partition coefficient (Wildman–Crippen LogP) is 3.90. The van der Waals surface area contributed by atoms with E-state index in [4.69, 9.17) is 9.47 Å². The molecule has 1 aliphatic heterocycles. The molecule has 0 atom stereocenters. The number of nitrogens with one attached hydrogen (secondary N) is 1. The van der Waals surface area contributed by atoms with Gasteiger partial charge in [0, 0.05) is 24.3 Å². The van der Waals surface area contributed by atoms with Gasteiger partial charge in [0.1, 0.15) is 5.82 Å². The summed E-state index contributed by atoms with van der Waals surface area (Å²) in [5, 5.41) is 2.94. The van der Waals surface area contributed by atoms with Crippen molar-refractivity contribution < 1.29 is 23.5 Å². The summed E-state index contributed by atoms with van der Waals surface area (Å²) in [7, 11) is 3.13. The first-order valence-electron chi connectivity index (χ1n) is 10.7. The van der Waals surface area contributed by atoms with E-state index in [1.54, 1.807) is 31.3 Å². The molecule has 0 aliphatic carbocycles. The molecule has 3 aromatic rings. The van der Waals surface area contributed by atoms with Crippen LogP contribution < -0.4 is 19.7 Å². The predicted molar refractivity (Wildman–Crippen MR) is 123 cm³/mol. The van der Waals surface area contributed by atoms with Gasteiger partial charge >= 0.3 is 0 Å². The van der Waals surface area contributed by atoms with Gasteiger partial charge in [0.25, 0.3) is 5.91 Å². The van der Waals surface area contributed by atoms with Gasteiger partial charge in [-0.05, 0) is 65.6 Å². The van der Waals surface area contributed by atoms with Gasteiger partial charge in [-0.25, -0.2) is 4.39 Å². The van der Waals surface area contributed by atoms with Gasteiger partial charge in [-0.1, -0.05) is 18.2 Å². The maximum Gasteiger partial charge on any atom is 0.258 e. The second-order valence-corrected chi connectivity index (χ2v) is 7.82. The molecule has 0 saturated heterocycles. The van der Waals surface area contributed by atoms with Crippen molar-refractivity contribution in [3.8, 4) is 11.5 Å². The van der Waals surface area contributed by atoms with Crippen molar-refractivity contribution in [3.05, 3.63) is 88.7 Å².